The van der Waals surface area contributed by atoms with Gasteiger partial charge in [0.2, 0.25) is 9.76 Å². The van der Waals surface area contributed by atoms with E-state index in [1.807, 2.05) is 0 Å². The van der Waals surface area contributed by atoms with Gasteiger partial charge in [0.1, 0.15) is 0 Å². The number of halogens is 4. The van der Waals surface area contributed by atoms with Gasteiger partial charge in [-0.25, -0.2) is 17.6 Å². The van der Waals surface area contributed by atoms with E-state index in [-0.39, 0.29) is 6.04 Å². The Bertz CT molecular complexity index is 386. The summed E-state index contributed by atoms with van der Waals surface area (Å²) < 4.78 is 55.2. The van der Waals surface area contributed by atoms with Crippen LogP contribution in [0, 0.1) is 23.3 Å². The Balaban J connectivity index is 2.81. The number of hydrogen-bond donors (Lipinski definition) is 2. The van der Waals surface area contributed by atoms with E-state index in [9.17, 15) is 17.6 Å². The van der Waals surface area contributed by atoms with Gasteiger partial charge < -0.3 is 14.6 Å². The van der Waals surface area contributed by atoms with Crippen LogP contribution in [0.3, 0.4) is 0 Å². The van der Waals surface area contributed by atoms with Crippen molar-refractivity contribution < 1.29 is 32.2 Å². The molecule has 88 valence electrons. The Morgan fingerprint density at radius 2 is 1.75 bits per heavy atom. The third-order valence-electron chi connectivity index (χ3n) is 1.63. The monoisotopic (exact) mass is 254 g/mol. The number of rotatable bonds is 4. The van der Waals surface area contributed by atoms with Crippen LogP contribution >= 0.6 is 0 Å². The van der Waals surface area contributed by atoms with Crippen molar-refractivity contribution in [2.75, 3.05) is 0 Å². The van der Waals surface area contributed by atoms with E-state index >= 15 is 0 Å². The average molecular weight is 254 g/mol. The van der Waals surface area contributed by atoms with Crippen LogP contribution in [0.15, 0.2) is 6.07 Å². The Labute approximate surface area is 90.2 Å². The zero-order valence-electron chi connectivity index (χ0n) is 7.68. The van der Waals surface area contributed by atoms with E-state index < -0.39 is 45.1 Å². The molecule has 2 radical (unpaired) electrons. The molecule has 0 aromatic heterocycles. The lowest BCUT2D eigenvalue weighted by atomic mass is 10.2. The van der Waals surface area contributed by atoms with Crippen LogP contribution < -0.4 is 0 Å². The van der Waals surface area contributed by atoms with Crippen LogP contribution in [0.25, 0.3) is 0 Å². The van der Waals surface area contributed by atoms with Gasteiger partial charge >= 0.3 is 0 Å². The first-order valence-corrected chi connectivity index (χ1v) is 5.11. The summed E-state index contributed by atoms with van der Waals surface area (Å²) in [6.07, 6.45) is 0. The summed E-state index contributed by atoms with van der Waals surface area (Å²) in [5.74, 6) is -6.80. The summed E-state index contributed by atoms with van der Waals surface area (Å²) >= 11 is 0. The van der Waals surface area contributed by atoms with Gasteiger partial charge in [0.05, 0.1) is 0 Å². The van der Waals surface area contributed by atoms with Crippen LogP contribution in [-0.2, 0) is 10.5 Å². The SMILES string of the molecule is OC(O)O[Si]Cc1cc(F)c(F)c(F)c1F. The molecule has 1 aromatic carbocycles. The largest absolute Gasteiger partial charge is 0.372 e. The van der Waals surface area contributed by atoms with E-state index in [1.54, 1.807) is 0 Å². The Morgan fingerprint density at radius 1 is 1.12 bits per heavy atom. The minimum Gasteiger partial charge on any atom is -0.372 e. The maximum Gasteiger partial charge on any atom is 0.256 e. The van der Waals surface area contributed by atoms with Crippen LogP contribution in [0.2, 0.25) is 0 Å². The second-order valence-corrected chi connectivity index (χ2v) is 3.60. The molecule has 0 fully saturated rings. The molecule has 0 atom stereocenters. The first-order valence-electron chi connectivity index (χ1n) is 4.00. The lowest BCUT2D eigenvalue weighted by Gasteiger charge is -2.06. The van der Waals surface area contributed by atoms with Gasteiger partial charge in [-0.15, -0.1) is 0 Å². The lowest BCUT2D eigenvalue weighted by molar-refractivity contribution is -0.180. The highest BCUT2D eigenvalue weighted by Gasteiger charge is 2.18. The molecule has 0 saturated carbocycles. The number of aliphatic hydroxyl groups excluding tert-OH is 1. The minimum absolute atomic E-state index is 0.294. The fourth-order valence-corrected chi connectivity index (χ4v) is 1.59. The van der Waals surface area contributed by atoms with Crippen molar-refractivity contribution in [1.29, 1.82) is 0 Å². The second kappa shape index (κ2) is 5.39. The lowest BCUT2D eigenvalue weighted by Crippen LogP contribution is -2.16. The summed E-state index contributed by atoms with van der Waals surface area (Å²) in [5, 5.41) is 16.6. The van der Waals surface area contributed by atoms with E-state index in [0.29, 0.717) is 6.07 Å². The summed E-state index contributed by atoms with van der Waals surface area (Å²) in [6, 6.07) is 0.200. The maximum absolute atomic E-state index is 13.0. The summed E-state index contributed by atoms with van der Waals surface area (Å²) in [7, 11) is -0.620. The highest BCUT2D eigenvalue weighted by atomic mass is 28.2. The molecule has 0 heterocycles. The fourth-order valence-electron chi connectivity index (χ4n) is 0.944. The fraction of sp³-hybridized carbons (Fsp3) is 0.250. The molecule has 8 heteroatoms. The smallest absolute Gasteiger partial charge is 0.256 e. The summed E-state index contributed by atoms with van der Waals surface area (Å²) in [4.78, 5) is 0. The molecule has 0 amide bonds. The Kier molecular flexibility index (Phi) is 4.41. The highest BCUT2D eigenvalue weighted by Crippen LogP contribution is 2.18. The number of hydrogen-bond acceptors (Lipinski definition) is 3. The summed E-state index contributed by atoms with van der Waals surface area (Å²) in [6.45, 7) is -2.04. The standard InChI is InChI=1S/C8H6F4O3Si/c9-4-1-3(2-16-15-8(13)14)5(10)7(12)6(4)11/h1,8,13-14H,2H2. The van der Waals surface area contributed by atoms with E-state index in [0.717, 1.165) is 0 Å². The molecule has 1 aromatic rings. The van der Waals surface area contributed by atoms with Gasteiger partial charge in [-0.2, -0.15) is 0 Å². The molecular formula is C8H6F4O3Si. The number of aliphatic hydroxyl groups is 2. The van der Waals surface area contributed by atoms with Crippen molar-refractivity contribution in [2.45, 2.75) is 12.5 Å². The average Bonchev–Trinajstić information content (AvgIpc) is 2.22. The maximum atomic E-state index is 13.0. The van der Waals surface area contributed by atoms with Crippen molar-refractivity contribution in [3.63, 3.8) is 0 Å². The van der Waals surface area contributed by atoms with Crippen molar-refractivity contribution >= 4 is 9.76 Å². The van der Waals surface area contributed by atoms with Gasteiger partial charge in [-0.1, -0.05) is 0 Å². The molecule has 0 saturated heterocycles. The topological polar surface area (TPSA) is 49.7 Å². The number of benzene rings is 1. The van der Waals surface area contributed by atoms with E-state index in [1.165, 1.54) is 0 Å². The van der Waals surface area contributed by atoms with Crippen molar-refractivity contribution in [2.24, 2.45) is 0 Å². The van der Waals surface area contributed by atoms with Gasteiger partial charge in [0, 0.05) is 0 Å². The molecule has 0 unspecified atom stereocenters. The molecule has 0 aliphatic carbocycles. The normalized spacial score (nSPS) is 11.2. The van der Waals surface area contributed by atoms with Gasteiger partial charge in [0.15, 0.2) is 23.3 Å². The molecule has 0 spiro atoms. The molecule has 0 aliphatic heterocycles. The zero-order valence-corrected chi connectivity index (χ0v) is 8.68. The first kappa shape index (κ1) is 13.1. The van der Waals surface area contributed by atoms with E-state index in [4.69, 9.17) is 10.2 Å². The molecule has 1 rings (SSSR count). The third-order valence-corrected chi connectivity index (χ3v) is 2.53. The van der Waals surface area contributed by atoms with Crippen LogP contribution in [0.5, 0.6) is 0 Å². The predicted octanol–water partition coefficient (Wildman–Crippen LogP) is 0.647. The van der Waals surface area contributed by atoms with E-state index in [2.05, 4.69) is 4.43 Å². The molecule has 0 bridgehead atoms. The zero-order chi connectivity index (χ0) is 12.3. The molecule has 2 N–H and O–H groups in total. The van der Waals surface area contributed by atoms with Crippen molar-refractivity contribution in [3.8, 4) is 0 Å². The van der Waals surface area contributed by atoms with Crippen LogP contribution in [0.1, 0.15) is 5.56 Å². The third kappa shape index (κ3) is 3.01. The molecule has 16 heavy (non-hydrogen) atoms. The van der Waals surface area contributed by atoms with Crippen LogP contribution in [0.4, 0.5) is 17.6 Å². The molecule has 0 aliphatic rings. The molecular weight excluding hydrogens is 248 g/mol. The second-order valence-electron chi connectivity index (χ2n) is 2.72. The minimum atomic E-state index is -2.04. The highest BCUT2D eigenvalue weighted by molar-refractivity contribution is 6.26. The molecule has 3 nitrogen and oxygen atoms in total. The van der Waals surface area contributed by atoms with Crippen LogP contribution in [-0.4, -0.2) is 26.5 Å². The Morgan fingerprint density at radius 3 is 2.31 bits per heavy atom. The predicted molar refractivity (Wildman–Crippen MR) is 45.0 cm³/mol. The van der Waals surface area contributed by atoms with Crippen molar-refractivity contribution in [3.05, 3.63) is 34.9 Å². The van der Waals surface area contributed by atoms with Gasteiger partial charge in [-0.3, -0.25) is 0 Å². The van der Waals surface area contributed by atoms with Crippen molar-refractivity contribution in [1.82, 2.24) is 0 Å². The Hall–Kier alpha value is -0.963. The summed E-state index contributed by atoms with van der Waals surface area (Å²) in [5.41, 5.74) is -0.435. The first-order chi connectivity index (χ1) is 7.43. The van der Waals surface area contributed by atoms with Gasteiger partial charge in [-0.05, 0) is 17.7 Å². The van der Waals surface area contributed by atoms with Gasteiger partial charge in [0.25, 0.3) is 6.48 Å². The quantitative estimate of drug-likeness (QED) is 0.273.